The van der Waals surface area contributed by atoms with Crippen molar-refractivity contribution in [1.82, 2.24) is 25.2 Å². The first-order chi connectivity index (χ1) is 12.0. The molecule has 1 aromatic heterocycles. The Balaban J connectivity index is 2.39. The van der Waals surface area contributed by atoms with Crippen LogP contribution in [-0.4, -0.2) is 53.0 Å². The Bertz CT molecular complexity index is 708. The number of rotatable bonds is 8. The number of hydrogen-bond acceptors (Lipinski definition) is 4. The minimum absolute atomic E-state index is 0.0787. The van der Waals surface area contributed by atoms with Crippen LogP contribution in [-0.2, 0) is 6.42 Å². The van der Waals surface area contributed by atoms with Crippen molar-refractivity contribution in [2.24, 2.45) is 0 Å². The zero-order valence-corrected chi connectivity index (χ0v) is 15.9. The zero-order chi connectivity index (χ0) is 18.4. The van der Waals surface area contributed by atoms with E-state index in [1.54, 1.807) is 11.9 Å². The van der Waals surface area contributed by atoms with Crippen molar-refractivity contribution in [1.29, 1.82) is 0 Å². The van der Waals surface area contributed by atoms with Crippen molar-refractivity contribution in [2.75, 3.05) is 27.2 Å². The number of hydrogen-bond donors (Lipinski definition) is 1. The van der Waals surface area contributed by atoms with Gasteiger partial charge in [-0.05, 0) is 37.1 Å². The van der Waals surface area contributed by atoms with Gasteiger partial charge < -0.3 is 10.2 Å². The number of carbonyl (C=O) groups is 1. The first-order valence-corrected chi connectivity index (χ1v) is 8.94. The van der Waals surface area contributed by atoms with E-state index in [1.165, 1.54) is 5.56 Å². The van der Waals surface area contributed by atoms with E-state index < -0.39 is 0 Å². The Morgan fingerprint density at radius 1 is 1.36 bits per heavy atom. The van der Waals surface area contributed by atoms with E-state index in [9.17, 15) is 4.79 Å². The number of nitrogens with one attached hydrogen (secondary N) is 1. The fourth-order valence-electron chi connectivity index (χ4n) is 2.71. The average Bonchev–Trinajstić information content (AvgIpc) is 3.03. The Hall–Kier alpha value is -2.21. The third kappa shape index (κ3) is 4.45. The van der Waals surface area contributed by atoms with Crippen LogP contribution in [0.2, 0.25) is 0 Å². The molecular weight excluding hydrogens is 314 g/mol. The lowest BCUT2D eigenvalue weighted by Crippen LogP contribution is -2.33. The van der Waals surface area contributed by atoms with Gasteiger partial charge >= 0.3 is 0 Å². The van der Waals surface area contributed by atoms with Gasteiger partial charge in [0.05, 0.1) is 11.4 Å². The molecular formula is C19H29N5O. The van der Waals surface area contributed by atoms with Crippen molar-refractivity contribution >= 4 is 5.91 Å². The smallest absolute Gasteiger partial charge is 0.276 e. The number of amides is 1. The summed E-state index contributed by atoms with van der Waals surface area (Å²) in [5.41, 5.74) is 3.54. The molecule has 2 aromatic rings. The summed E-state index contributed by atoms with van der Waals surface area (Å²) in [4.78, 5) is 14.4. The number of likely N-dealkylation sites (N-methyl/N-ethyl adjacent to an activating group) is 2. The van der Waals surface area contributed by atoms with Crippen molar-refractivity contribution in [3.8, 4) is 5.69 Å². The number of carbonyl (C=O) groups excluding carboxylic acids is 1. The average molecular weight is 343 g/mol. The van der Waals surface area contributed by atoms with Gasteiger partial charge in [0.25, 0.3) is 5.91 Å². The maximum atomic E-state index is 12.7. The predicted octanol–water partition coefficient (Wildman–Crippen LogP) is 2.63. The van der Waals surface area contributed by atoms with Gasteiger partial charge in [0.1, 0.15) is 0 Å². The van der Waals surface area contributed by atoms with Crippen LogP contribution in [0.3, 0.4) is 0 Å². The van der Waals surface area contributed by atoms with E-state index in [0.29, 0.717) is 18.2 Å². The minimum Gasteiger partial charge on any atom is -0.339 e. The summed E-state index contributed by atoms with van der Waals surface area (Å²) in [7, 11) is 3.67. The SMILES string of the molecule is CCCc1c(C(=O)N(C)CCNC)nnn1-c1cccc(C(C)C)c1. The van der Waals surface area contributed by atoms with Gasteiger partial charge in [-0.3, -0.25) is 4.79 Å². The van der Waals surface area contributed by atoms with Crippen molar-refractivity contribution < 1.29 is 4.79 Å². The molecule has 1 heterocycles. The minimum atomic E-state index is -0.0787. The Labute approximate surface area is 150 Å². The Kier molecular flexibility index (Phi) is 6.70. The zero-order valence-electron chi connectivity index (χ0n) is 15.9. The second kappa shape index (κ2) is 8.76. The highest BCUT2D eigenvalue weighted by Crippen LogP contribution is 2.21. The van der Waals surface area contributed by atoms with Crippen LogP contribution < -0.4 is 5.32 Å². The summed E-state index contributed by atoms with van der Waals surface area (Å²) in [6.45, 7) is 7.81. The monoisotopic (exact) mass is 343 g/mol. The van der Waals surface area contributed by atoms with E-state index in [4.69, 9.17) is 0 Å². The van der Waals surface area contributed by atoms with E-state index >= 15 is 0 Å². The Morgan fingerprint density at radius 2 is 2.12 bits per heavy atom. The molecule has 0 saturated heterocycles. The molecule has 6 heteroatoms. The highest BCUT2D eigenvalue weighted by molar-refractivity contribution is 5.93. The lowest BCUT2D eigenvalue weighted by Gasteiger charge is -2.16. The van der Waals surface area contributed by atoms with Crippen molar-refractivity contribution in [3.05, 3.63) is 41.2 Å². The number of benzene rings is 1. The fraction of sp³-hybridized carbons (Fsp3) is 0.526. The van der Waals surface area contributed by atoms with Crippen LogP contribution in [0.5, 0.6) is 0 Å². The van der Waals surface area contributed by atoms with Crippen molar-refractivity contribution in [2.45, 2.75) is 39.5 Å². The van der Waals surface area contributed by atoms with E-state index in [2.05, 4.69) is 48.5 Å². The molecule has 0 fully saturated rings. The van der Waals surface area contributed by atoms with Gasteiger partial charge in [0.15, 0.2) is 5.69 Å². The van der Waals surface area contributed by atoms with E-state index in [1.807, 2.05) is 23.9 Å². The predicted molar refractivity (Wildman–Crippen MR) is 100 cm³/mol. The molecule has 0 saturated carbocycles. The second-order valence-electron chi connectivity index (χ2n) is 6.63. The highest BCUT2D eigenvalue weighted by atomic mass is 16.2. The largest absolute Gasteiger partial charge is 0.339 e. The lowest BCUT2D eigenvalue weighted by atomic mass is 10.0. The van der Waals surface area contributed by atoms with Gasteiger partial charge in [0, 0.05) is 20.1 Å². The van der Waals surface area contributed by atoms with Gasteiger partial charge in [-0.2, -0.15) is 0 Å². The molecule has 1 aromatic carbocycles. The molecule has 0 atom stereocenters. The summed E-state index contributed by atoms with van der Waals surface area (Å²) in [5, 5.41) is 11.6. The van der Waals surface area contributed by atoms with Crippen molar-refractivity contribution in [3.63, 3.8) is 0 Å². The molecule has 0 radical (unpaired) electrons. The van der Waals surface area contributed by atoms with E-state index in [-0.39, 0.29) is 5.91 Å². The normalized spacial score (nSPS) is 11.1. The van der Waals surface area contributed by atoms with Crippen LogP contribution in [0.1, 0.15) is 54.9 Å². The number of aromatic nitrogens is 3. The standard InChI is InChI=1S/C19H29N5O/c1-6-8-17-18(19(25)23(5)12-11-20-4)21-22-24(17)16-10-7-9-15(13-16)14(2)3/h7,9-10,13-14,20H,6,8,11-12H2,1-5H3. The summed E-state index contributed by atoms with van der Waals surface area (Å²) in [6.07, 6.45) is 1.69. The maximum Gasteiger partial charge on any atom is 0.276 e. The van der Waals surface area contributed by atoms with Gasteiger partial charge in [0.2, 0.25) is 0 Å². The summed E-state index contributed by atoms with van der Waals surface area (Å²) < 4.78 is 1.81. The highest BCUT2D eigenvalue weighted by Gasteiger charge is 2.22. The third-order valence-electron chi connectivity index (χ3n) is 4.28. The molecule has 0 spiro atoms. The molecule has 2 rings (SSSR count). The van der Waals surface area contributed by atoms with Gasteiger partial charge in [-0.15, -0.1) is 5.10 Å². The topological polar surface area (TPSA) is 63.1 Å². The Morgan fingerprint density at radius 3 is 2.76 bits per heavy atom. The van der Waals surface area contributed by atoms with Crippen LogP contribution >= 0.6 is 0 Å². The third-order valence-corrected chi connectivity index (χ3v) is 4.28. The quantitative estimate of drug-likeness (QED) is 0.800. The van der Waals surface area contributed by atoms with E-state index in [0.717, 1.165) is 30.8 Å². The summed E-state index contributed by atoms with van der Waals surface area (Å²) >= 11 is 0. The van der Waals surface area contributed by atoms with Crippen LogP contribution in [0, 0.1) is 0 Å². The molecule has 6 nitrogen and oxygen atoms in total. The maximum absolute atomic E-state index is 12.7. The first-order valence-electron chi connectivity index (χ1n) is 8.94. The molecule has 0 aliphatic carbocycles. The summed E-state index contributed by atoms with van der Waals surface area (Å²) in [5.74, 6) is 0.358. The second-order valence-corrected chi connectivity index (χ2v) is 6.63. The molecule has 25 heavy (non-hydrogen) atoms. The summed E-state index contributed by atoms with van der Waals surface area (Å²) in [6, 6.07) is 8.28. The molecule has 1 amide bonds. The first kappa shape index (κ1) is 19.1. The lowest BCUT2D eigenvalue weighted by molar-refractivity contribution is 0.0790. The van der Waals surface area contributed by atoms with Crippen LogP contribution in [0.15, 0.2) is 24.3 Å². The van der Waals surface area contributed by atoms with Crippen LogP contribution in [0.25, 0.3) is 5.69 Å². The fourth-order valence-corrected chi connectivity index (χ4v) is 2.71. The molecule has 0 unspecified atom stereocenters. The van der Waals surface area contributed by atoms with Crippen LogP contribution in [0.4, 0.5) is 0 Å². The number of nitrogens with zero attached hydrogens (tertiary/aromatic N) is 4. The van der Waals surface area contributed by atoms with Gasteiger partial charge in [-0.25, -0.2) is 4.68 Å². The molecule has 136 valence electrons. The van der Waals surface area contributed by atoms with Gasteiger partial charge in [-0.1, -0.05) is 44.5 Å². The molecule has 0 aliphatic rings. The molecule has 1 N–H and O–H groups in total. The molecule has 0 bridgehead atoms. The molecule has 0 aliphatic heterocycles.